The molecule has 5 rings (SSSR count). The van der Waals surface area contributed by atoms with Crippen LogP contribution in [0.3, 0.4) is 0 Å². The lowest BCUT2D eigenvalue weighted by Crippen LogP contribution is -2.52. The number of benzene rings is 1. The average molecular weight is 455 g/mol. The maximum absolute atomic E-state index is 13.1. The predicted molar refractivity (Wildman–Crippen MR) is 126 cm³/mol. The van der Waals surface area contributed by atoms with E-state index in [0.717, 1.165) is 0 Å². The normalized spacial score (nSPS) is 17.7. The average Bonchev–Trinajstić information content (AvgIpc) is 3.14. The summed E-state index contributed by atoms with van der Waals surface area (Å²) in [6.07, 6.45) is 9.45. The third kappa shape index (κ3) is 4.01. The summed E-state index contributed by atoms with van der Waals surface area (Å²) < 4.78 is 0. The molecule has 2 aromatic heterocycles. The number of nitrogens with zero attached hydrogens (tertiary/aromatic N) is 6. The van der Waals surface area contributed by atoms with Gasteiger partial charge in [-0.15, -0.1) is 0 Å². The Kier molecular flexibility index (Phi) is 5.77. The van der Waals surface area contributed by atoms with Gasteiger partial charge in [0.2, 0.25) is 0 Å². The molecule has 2 amide bonds. The van der Waals surface area contributed by atoms with Crippen molar-refractivity contribution in [2.75, 3.05) is 26.2 Å². The Hall–Kier alpha value is -4.47. The number of aromatic nitrogens is 3. The standard InChI is InChI=1S/C24H21N7O3/c32-22(24(34)31-10-8-30(9-11-31)23(33)16-4-2-1-3-5-16)18-13-27-21-19(28-15-29-20(18)21)17-6-7-25-14-26-12-17/h1-7,12-15,17,27H,8-11H2. The molecule has 1 N–H and O–H groups in total. The predicted octanol–water partition coefficient (Wildman–Crippen LogP) is 1.84. The first-order chi connectivity index (χ1) is 16.6. The SMILES string of the molecule is O=C(C(=O)N1CCN(C(=O)c2ccccc2)CC1)c1c[nH]c2c(C3C=CN=CN=C3)ncnc12. The number of rotatable bonds is 4. The summed E-state index contributed by atoms with van der Waals surface area (Å²) in [7, 11) is 0. The molecule has 1 saturated heterocycles. The van der Waals surface area contributed by atoms with Gasteiger partial charge in [-0.05, 0) is 12.1 Å². The second-order valence-electron chi connectivity index (χ2n) is 7.89. The van der Waals surface area contributed by atoms with Gasteiger partial charge in [0, 0.05) is 50.4 Å². The van der Waals surface area contributed by atoms with E-state index in [2.05, 4.69) is 24.9 Å². The van der Waals surface area contributed by atoms with Gasteiger partial charge in [-0.3, -0.25) is 14.4 Å². The number of hydrogen-bond donors (Lipinski definition) is 1. The van der Waals surface area contributed by atoms with Crippen LogP contribution in [0.4, 0.5) is 0 Å². The Morgan fingerprint density at radius 2 is 1.71 bits per heavy atom. The van der Waals surface area contributed by atoms with Gasteiger partial charge in [-0.25, -0.2) is 20.0 Å². The largest absolute Gasteiger partial charge is 0.358 e. The lowest BCUT2D eigenvalue weighted by molar-refractivity contribution is -0.127. The van der Waals surface area contributed by atoms with E-state index in [1.807, 2.05) is 24.3 Å². The van der Waals surface area contributed by atoms with Gasteiger partial charge in [-0.2, -0.15) is 0 Å². The molecule has 34 heavy (non-hydrogen) atoms. The second-order valence-corrected chi connectivity index (χ2v) is 7.89. The highest BCUT2D eigenvalue weighted by Gasteiger charge is 2.31. The molecule has 1 aromatic carbocycles. The maximum atomic E-state index is 13.1. The van der Waals surface area contributed by atoms with Crippen molar-refractivity contribution in [2.24, 2.45) is 9.98 Å². The minimum atomic E-state index is -0.646. The van der Waals surface area contributed by atoms with Crippen molar-refractivity contribution >= 4 is 41.2 Å². The highest BCUT2D eigenvalue weighted by Crippen LogP contribution is 2.25. The van der Waals surface area contributed by atoms with Crippen LogP contribution < -0.4 is 0 Å². The number of aliphatic imine (C=N–C) groups is 2. The summed E-state index contributed by atoms with van der Waals surface area (Å²) in [5.41, 5.74) is 2.38. The smallest absolute Gasteiger partial charge is 0.295 e. The van der Waals surface area contributed by atoms with E-state index >= 15 is 0 Å². The first-order valence-corrected chi connectivity index (χ1v) is 10.8. The fraction of sp³-hybridized carbons (Fsp3) is 0.208. The van der Waals surface area contributed by atoms with Crippen molar-refractivity contribution in [1.29, 1.82) is 0 Å². The van der Waals surface area contributed by atoms with Gasteiger partial charge in [0.15, 0.2) is 0 Å². The lowest BCUT2D eigenvalue weighted by Gasteiger charge is -2.34. The first-order valence-electron chi connectivity index (χ1n) is 10.8. The molecule has 4 heterocycles. The minimum Gasteiger partial charge on any atom is -0.358 e. The van der Waals surface area contributed by atoms with Gasteiger partial charge in [0.25, 0.3) is 17.6 Å². The summed E-state index contributed by atoms with van der Waals surface area (Å²) in [4.78, 5) is 61.6. The van der Waals surface area contributed by atoms with E-state index in [0.29, 0.717) is 35.4 Å². The Bertz CT molecular complexity index is 1320. The molecule has 2 aliphatic heterocycles. The van der Waals surface area contributed by atoms with Crippen LogP contribution in [0.15, 0.2) is 65.1 Å². The zero-order chi connectivity index (χ0) is 23.5. The third-order valence-electron chi connectivity index (χ3n) is 5.88. The number of carbonyl (C=O) groups excluding carboxylic acids is 3. The molecule has 10 heteroatoms. The molecule has 170 valence electrons. The summed E-state index contributed by atoms with van der Waals surface area (Å²) in [5.74, 6) is -1.59. The number of Topliss-reactive ketones (excluding diaryl/α,β-unsaturated/α-hetero) is 1. The topological polar surface area (TPSA) is 124 Å². The van der Waals surface area contributed by atoms with Crippen LogP contribution in [0.25, 0.3) is 11.0 Å². The van der Waals surface area contributed by atoms with Crippen molar-refractivity contribution in [2.45, 2.75) is 5.92 Å². The number of ketones is 1. The number of allylic oxidation sites excluding steroid dienone is 1. The van der Waals surface area contributed by atoms with E-state index < -0.39 is 11.7 Å². The van der Waals surface area contributed by atoms with Crippen LogP contribution in [-0.2, 0) is 4.79 Å². The van der Waals surface area contributed by atoms with Crippen LogP contribution in [0.2, 0.25) is 0 Å². The van der Waals surface area contributed by atoms with Gasteiger partial charge < -0.3 is 14.8 Å². The van der Waals surface area contributed by atoms with Crippen LogP contribution in [-0.4, -0.2) is 81.1 Å². The lowest BCUT2D eigenvalue weighted by atomic mass is 10.0. The number of hydrogen-bond acceptors (Lipinski definition) is 7. The number of nitrogens with one attached hydrogen (secondary N) is 1. The molecular weight excluding hydrogens is 434 g/mol. The Morgan fingerprint density at radius 3 is 2.50 bits per heavy atom. The van der Waals surface area contributed by atoms with E-state index in [9.17, 15) is 14.4 Å². The number of fused-ring (bicyclic) bond motifs is 1. The molecule has 2 aliphatic rings. The van der Waals surface area contributed by atoms with E-state index in [1.165, 1.54) is 23.8 Å². The van der Waals surface area contributed by atoms with Crippen molar-refractivity contribution in [3.05, 3.63) is 72.0 Å². The summed E-state index contributed by atoms with van der Waals surface area (Å²) in [6, 6.07) is 9.01. The number of aromatic amines is 1. The Morgan fingerprint density at radius 1 is 0.941 bits per heavy atom. The summed E-state index contributed by atoms with van der Waals surface area (Å²) in [6.45, 7) is 1.30. The van der Waals surface area contributed by atoms with Crippen molar-refractivity contribution < 1.29 is 14.4 Å². The van der Waals surface area contributed by atoms with Gasteiger partial charge in [0.05, 0.1) is 22.7 Å². The van der Waals surface area contributed by atoms with Gasteiger partial charge in [0.1, 0.15) is 18.2 Å². The summed E-state index contributed by atoms with van der Waals surface area (Å²) in [5, 5.41) is 0. The molecule has 0 saturated carbocycles. The summed E-state index contributed by atoms with van der Waals surface area (Å²) >= 11 is 0. The van der Waals surface area contributed by atoms with Crippen LogP contribution >= 0.6 is 0 Å². The monoisotopic (exact) mass is 455 g/mol. The quantitative estimate of drug-likeness (QED) is 0.475. The van der Waals surface area contributed by atoms with Gasteiger partial charge in [-0.1, -0.05) is 24.3 Å². The van der Waals surface area contributed by atoms with E-state index in [1.54, 1.807) is 29.4 Å². The molecule has 10 nitrogen and oxygen atoms in total. The van der Waals surface area contributed by atoms with E-state index in [-0.39, 0.29) is 30.5 Å². The fourth-order valence-corrected chi connectivity index (χ4v) is 4.08. The van der Waals surface area contributed by atoms with E-state index in [4.69, 9.17) is 0 Å². The number of amides is 2. The number of carbonyl (C=O) groups is 3. The zero-order valence-corrected chi connectivity index (χ0v) is 18.2. The fourth-order valence-electron chi connectivity index (χ4n) is 4.08. The Labute approximate surface area is 194 Å². The molecule has 1 unspecified atom stereocenters. The molecule has 1 atom stereocenters. The molecule has 0 radical (unpaired) electrons. The molecule has 0 spiro atoms. The molecule has 0 aliphatic carbocycles. The molecular formula is C24H21N7O3. The molecule has 1 fully saturated rings. The first kappa shape index (κ1) is 21.4. The van der Waals surface area contributed by atoms with Crippen LogP contribution in [0.1, 0.15) is 32.3 Å². The minimum absolute atomic E-state index is 0.0821. The van der Waals surface area contributed by atoms with Crippen molar-refractivity contribution in [3.8, 4) is 0 Å². The maximum Gasteiger partial charge on any atom is 0.295 e. The zero-order valence-electron chi connectivity index (χ0n) is 18.2. The Balaban J connectivity index is 1.30. The highest BCUT2D eigenvalue weighted by molar-refractivity contribution is 6.44. The number of piperazine rings is 1. The van der Waals surface area contributed by atoms with Crippen LogP contribution in [0.5, 0.6) is 0 Å². The van der Waals surface area contributed by atoms with Crippen LogP contribution in [0, 0.1) is 0 Å². The molecule has 0 bridgehead atoms. The number of H-pyrrole nitrogens is 1. The van der Waals surface area contributed by atoms with Crippen molar-refractivity contribution in [3.63, 3.8) is 0 Å². The molecule has 3 aromatic rings. The third-order valence-corrected chi connectivity index (χ3v) is 5.88. The van der Waals surface area contributed by atoms with Crippen molar-refractivity contribution in [1.82, 2.24) is 24.8 Å². The van der Waals surface area contributed by atoms with Gasteiger partial charge >= 0.3 is 0 Å². The second kappa shape index (κ2) is 9.18. The highest BCUT2D eigenvalue weighted by atomic mass is 16.2.